The van der Waals surface area contributed by atoms with Gasteiger partial charge in [-0.25, -0.2) is 9.59 Å². The van der Waals surface area contributed by atoms with Gasteiger partial charge in [0.15, 0.2) is 0 Å². The highest BCUT2D eigenvalue weighted by Gasteiger charge is 2.39. The Balaban J connectivity index is 1.29. The van der Waals surface area contributed by atoms with Crippen molar-refractivity contribution in [3.63, 3.8) is 0 Å². The number of nitrogens with one attached hydrogen (secondary N) is 1. The van der Waals surface area contributed by atoms with Crippen molar-refractivity contribution in [2.45, 2.75) is 27.2 Å². The fourth-order valence-corrected chi connectivity index (χ4v) is 6.73. The number of hydrogen-bond acceptors (Lipinski definition) is 5. The molecule has 3 aliphatic carbocycles. The Morgan fingerprint density at radius 2 is 1.18 bits per heavy atom. The summed E-state index contributed by atoms with van der Waals surface area (Å²) in [7, 11) is 2.71. The monoisotopic (exact) mass is 673 g/mol. The third-order valence-corrected chi connectivity index (χ3v) is 9.65. The Kier molecular flexibility index (Phi) is 10.4. The number of methoxy groups -OCH3 is 2. The molecule has 1 N–H and O–H groups in total. The van der Waals surface area contributed by atoms with Gasteiger partial charge in [0.05, 0.1) is 31.0 Å². The lowest BCUT2D eigenvalue weighted by Gasteiger charge is -2.41. The summed E-state index contributed by atoms with van der Waals surface area (Å²) >= 11 is 0. The number of ether oxygens (including phenoxy) is 2. The van der Waals surface area contributed by atoms with E-state index in [9.17, 15) is 14.4 Å². The first-order valence-corrected chi connectivity index (χ1v) is 17.0. The maximum absolute atomic E-state index is 14.0. The molecule has 0 saturated heterocycles. The maximum Gasteiger partial charge on any atom is 0.337 e. The van der Waals surface area contributed by atoms with E-state index in [0.717, 1.165) is 45.4 Å². The van der Waals surface area contributed by atoms with Crippen LogP contribution in [0.1, 0.15) is 70.2 Å². The van der Waals surface area contributed by atoms with Crippen LogP contribution in [0.4, 0.5) is 5.69 Å². The molecule has 3 aliphatic rings. The van der Waals surface area contributed by atoms with Crippen molar-refractivity contribution in [2.24, 2.45) is 23.7 Å². The topological polar surface area (TPSA) is 81.7 Å². The van der Waals surface area contributed by atoms with Gasteiger partial charge in [-0.2, -0.15) is 0 Å². The SMILES string of the molecule is COC(=O)c1ccc(C#Cc2ccc(-c3ccc(C#Cc4ccc(C(=O)OC)cc4)cc3NC(=O)C3=C[C@@H]4CC(C(C)C)C3C=C4C)cc2)cc1. The zero-order valence-corrected chi connectivity index (χ0v) is 29.4. The molecule has 4 aromatic carbocycles. The number of fused-ring (bicyclic) bond motifs is 1. The molecule has 1 amide bonds. The maximum atomic E-state index is 14.0. The van der Waals surface area contributed by atoms with Gasteiger partial charge in [0.1, 0.15) is 0 Å². The van der Waals surface area contributed by atoms with Crippen molar-refractivity contribution in [1.82, 2.24) is 0 Å². The number of hydrogen-bond donors (Lipinski definition) is 1. The second-order valence-corrected chi connectivity index (χ2v) is 13.2. The number of rotatable bonds is 6. The third kappa shape index (κ3) is 7.88. The molecule has 0 spiro atoms. The molecule has 4 aromatic rings. The van der Waals surface area contributed by atoms with Crippen LogP contribution in [0.2, 0.25) is 0 Å². The normalized spacial score (nSPS) is 17.2. The zero-order chi connectivity index (χ0) is 36.1. The predicted octanol–water partition coefficient (Wildman–Crippen LogP) is 8.46. The first-order chi connectivity index (χ1) is 24.6. The van der Waals surface area contributed by atoms with Crippen molar-refractivity contribution >= 4 is 23.5 Å². The van der Waals surface area contributed by atoms with Crippen LogP contribution in [0.15, 0.2) is 114 Å². The van der Waals surface area contributed by atoms with Crippen LogP contribution in [0.25, 0.3) is 11.1 Å². The molecular formula is C45H39NO5. The predicted molar refractivity (Wildman–Crippen MR) is 200 cm³/mol. The van der Waals surface area contributed by atoms with Gasteiger partial charge in [-0.05, 0) is 109 Å². The number of esters is 2. The zero-order valence-electron chi connectivity index (χ0n) is 29.4. The Morgan fingerprint density at radius 3 is 1.67 bits per heavy atom. The van der Waals surface area contributed by atoms with Crippen molar-refractivity contribution in [1.29, 1.82) is 0 Å². The Hall–Kier alpha value is -6.11. The number of allylic oxidation sites excluding steroid dienone is 3. The summed E-state index contributed by atoms with van der Waals surface area (Å²) in [4.78, 5) is 37.6. The van der Waals surface area contributed by atoms with E-state index in [-0.39, 0.29) is 23.7 Å². The van der Waals surface area contributed by atoms with E-state index in [1.165, 1.54) is 19.8 Å². The minimum Gasteiger partial charge on any atom is -0.465 e. The van der Waals surface area contributed by atoms with Crippen LogP contribution in [-0.4, -0.2) is 32.1 Å². The lowest BCUT2D eigenvalue weighted by Crippen LogP contribution is -2.36. The fraction of sp³-hybridized carbons (Fsp3) is 0.222. The molecule has 254 valence electrons. The Labute approximate surface area is 299 Å². The minimum absolute atomic E-state index is 0.0870. The van der Waals surface area contributed by atoms with Crippen molar-refractivity contribution in [2.75, 3.05) is 19.5 Å². The van der Waals surface area contributed by atoms with Crippen LogP contribution >= 0.6 is 0 Å². The molecule has 6 nitrogen and oxygen atoms in total. The number of carbonyl (C=O) groups is 3. The van der Waals surface area contributed by atoms with Crippen LogP contribution in [-0.2, 0) is 14.3 Å². The van der Waals surface area contributed by atoms with Gasteiger partial charge < -0.3 is 14.8 Å². The lowest BCUT2D eigenvalue weighted by atomic mass is 9.63. The number of anilines is 1. The summed E-state index contributed by atoms with van der Waals surface area (Å²) in [6.07, 6.45) is 5.52. The Bertz CT molecular complexity index is 2170. The Morgan fingerprint density at radius 1 is 0.686 bits per heavy atom. The summed E-state index contributed by atoms with van der Waals surface area (Å²) in [6, 6.07) is 27.6. The first-order valence-electron chi connectivity index (χ1n) is 17.0. The van der Waals surface area contributed by atoms with Crippen molar-refractivity contribution < 1.29 is 23.9 Å². The number of amides is 1. The van der Waals surface area contributed by atoms with E-state index >= 15 is 0 Å². The molecule has 0 saturated carbocycles. The van der Waals surface area contributed by atoms with Crippen molar-refractivity contribution in [3.05, 3.63) is 148 Å². The standard InChI is InChI=1S/C45H39NO5/c1-28(2)39-26-37-27-41(40(39)24-29(37)3)43(47)46-42-25-33(9-8-32-14-21-36(22-15-32)45(49)51-5)16-23-38(42)34-17-10-30(11-18-34)6-7-31-12-19-35(20-13-31)44(48)50-4/h10-25,27-28,37,39-40H,26H2,1-5H3,(H,46,47)/t37-,39?,40?/m0/s1. The van der Waals surface area contributed by atoms with E-state index < -0.39 is 5.97 Å². The van der Waals surface area contributed by atoms with Gasteiger partial charge >= 0.3 is 11.9 Å². The second-order valence-electron chi connectivity index (χ2n) is 13.2. The smallest absolute Gasteiger partial charge is 0.337 e. The van der Waals surface area contributed by atoms with E-state index in [0.29, 0.717) is 28.7 Å². The van der Waals surface area contributed by atoms with Gasteiger partial charge in [-0.15, -0.1) is 0 Å². The summed E-state index contributed by atoms with van der Waals surface area (Å²) in [5.74, 6) is 13.1. The first kappa shape index (κ1) is 34.7. The van der Waals surface area contributed by atoms with Crippen LogP contribution in [0.3, 0.4) is 0 Å². The molecule has 7 rings (SSSR count). The van der Waals surface area contributed by atoms with Gasteiger partial charge in [-0.3, -0.25) is 4.79 Å². The molecule has 2 bridgehead atoms. The van der Waals surface area contributed by atoms with Gasteiger partial charge in [0.25, 0.3) is 5.91 Å². The van der Waals surface area contributed by atoms with Crippen LogP contribution in [0.5, 0.6) is 0 Å². The highest BCUT2D eigenvalue weighted by atomic mass is 16.5. The average Bonchev–Trinajstić information content (AvgIpc) is 3.16. The highest BCUT2D eigenvalue weighted by Crippen LogP contribution is 2.47. The molecule has 51 heavy (non-hydrogen) atoms. The van der Waals surface area contributed by atoms with E-state index in [2.05, 4.69) is 61.9 Å². The van der Waals surface area contributed by atoms with Gasteiger partial charge in [-0.1, -0.05) is 73.5 Å². The molecule has 0 fully saturated rings. The minimum atomic E-state index is -0.399. The summed E-state index contributed by atoms with van der Waals surface area (Å²) in [5, 5.41) is 3.26. The van der Waals surface area contributed by atoms with Crippen LogP contribution in [0, 0.1) is 47.4 Å². The summed E-state index contributed by atoms with van der Waals surface area (Å²) in [6.45, 7) is 6.64. The largest absolute Gasteiger partial charge is 0.465 e. The van der Waals surface area contributed by atoms with E-state index in [1.807, 2.05) is 42.5 Å². The number of benzene rings is 4. The summed E-state index contributed by atoms with van der Waals surface area (Å²) in [5.41, 5.74) is 8.65. The van der Waals surface area contributed by atoms with E-state index in [1.54, 1.807) is 48.5 Å². The van der Waals surface area contributed by atoms with E-state index in [4.69, 9.17) is 9.47 Å². The molecule has 2 unspecified atom stereocenters. The van der Waals surface area contributed by atoms with Gasteiger partial charge in [0, 0.05) is 39.3 Å². The van der Waals surface area contributed by atoms with Gasteiger partial charge in [0.2, 0.25) is 0 Å². The lowest BCUT2D eigenvalue weighted by molar-refractivity contribution is -0.113. The second kappa shape index (κ2) is 15.2. The quantitative estimate of drug-likeness (QED) is 0.126. The molecule has 3 atom stereocenters. The number of carbonyl (C=O) groups excluding carboxylic acids is 3. The van der Waals surface area contributed by atoms with Crippen molar-refractivity contribution in [3.8, 4) is 34.8 Å². The average molecular weight is 674 g/mol. The molecular weight excluding hydrogens is 634 g/mol. The highest BCUT2D eigenvalue weighted by molar-refractivity contribution is 6.07. The molecule has 0 radical (unpaired) electrons. The third-order valence-electron chi connectivity index (χ3n) is 9.65. The van der Waals surface area contributed by atoms with Crippen LogP contribution < -0.4 is 5.32 Å². The summed E-state index contributed by atoms with van der Waals surface area (Å²) < 4.78 is 9.56. The molecule has 0 aliphatic heterocycles. The molecule has 0 aromatic heterocycles. The fourth-order valence-electron chi connectivity index (χ4n) is 6.73. The molecule has 6 heteroatoms. The molecule has 0 heterocycles.